The number of hydrogen-bond acceptors (Lipinski definition) is 3. The fraction of sp³-hybridized carbons (Fsp3) is 0.135. The quantitative estimate of drug-likeness (QED) is 0.0854. The molecule has 346 valence electrons. The maximum atomic E-state index is 15.1. The van der Waals surface area contributed by atoms with Crippen molar-refractivity contribution >= 4 is 0 Å². The van der Waals surface area contributed by atoms with E-state index in [0.717, 1.165) is 62.2 Å². The fourth-order valence-corrected chi connectivity index (χ4v) is 8.11. The minimum Gasteiger partial charge on any atom is -0.265 e. The molecule has 0 aliphatic carbocycles. The number of halogens is 13. The van der Waals surface area contributed by atoms with Crippen LogP contribution in [0.2, 0.25) is 0 Å². The van der Waals surface area contributed by atoms with Gasteiger partial charge in [-0.2, -0.15) is 57.1 Å². The van der Waals surface area contributed by atoms with Crippen LogP contribution in [-0.4, -0.2) is 44.8 Å². The highest BCUT2D eigenvalue weighted by molar-refractivity contribution is 5.72. The molecule has 0 spiro atoms. The van der Waals surface area contributed by atoms with Crippen molar-refractivity contribution in [1.29, 1.82) is 0 Å². The summed E-state index contributed by atoms with van der Waals surface area (Å²) >= 11 is 0. The first-order valence-corrected chi connectivity index (χ1v) is 20.3. The van der Waals surface area contributed by atoms with Gasteiger partial charge in [0, 0.05) is 42.7 Å². The molecule has 3 heterocycles. The Kier molecular flexibility index (Phi) is 12.0. The Labute approximate surface area is 379 Å². The lowest BCUT2D eigenvalue weighted by Gasteiger charge is -2.39. The zero-order chi connectivity index (χ0) is 48.8. The van der Waals surface area contributed by atoms with Crippen LogP contribution in [0.1, 0.15) is 27.8 Å². The van der Waals surface area contributed by atoms with Crippen LogP contribution in [0.3, 0.4) is 0 Å². The molecular weight excluding hydrogens is 914 g/mol. The number of rotatable bonds is 13. The van der Waals surface area contributed by atoms with Crippen LogP contribution < -0.4 is 0 Å². The first-order chi connectivity index (χ1) is 32.1. The van der Waals surface area contributed by atoms with Crippen molar-refractivity contribution in [2.45, 2.75) is 41.2 Å². The molecule has 16 heteroatoms. The van der Waals surface area contributed by atoms with Crippen molar-refractivity contribution in [3.05, 3.63) is 223 Å². The van der Waals surface area contributed by atoms with Crippen molar-refractivity contribution in [2.24, 2.45) is 0 Å². The second kappa shape index (κ2) is 17.4. The Morgan fingerprint density at radius 1 is 0.221 bits per heavy atom. The summed E-state index contributed by atoms with van der Waals surface area (Å²) in [6.07, 6.45) is 2.53. The van der Waals surface area contributed by atoms with Gasteiger partial charge in [0.1, 0.15) is 0 Å². The van der Waals surface area contributed by atoms with E-state index in [1.165, 1.54) is 0 Å². The van der Waals surface area contributed by atoms with Gasteiger partial charge in [-0.25, -0.2) is 0 Å². The lowest BCUT2D eigenvalue weighted by Crippen LogP contribution is -2.69. The molecule has 0 aliphatic rings. The van der Waals surface area contributed by atoms with E-state index >= 15 is 8.78 Å². The largest absolute Gasteiger partial charge is 0.460 e. The van der Waals surface area contributed by atoms with Crippen LogP contribution in [0, 0.1) is 0 Å². The molecule has 8 rings (SSSR count). The smallest absolute Gasteiger partial charge is 0.265 e. The van der Waals surface area contributed by atoms with Gasteiger partial charge in [-0.3, -0.25) is 15.0 Å². The molecule has 3 aromatic heterocycles. The molecule has 0 atom stereocenters. The van der Waals surface area contributed by atoms with Gasteiger partial charge in [0.05, 0.1) is 5.41 Å². The van der Waals surface area contributed by atoms with Crippen molar-refractivity contribution in [3.63, 3.8) is 0 Å². The second-order valence-corrected chi connectivity index (χ2v) is 15.7. The first-order valence-electron chi connectivity index (χ1n) is 20.3. The average molecular weight is 946 g/mol. The molecular formula is C52H32F13N3. The van der Waals surface area contributed by atoms with Gasteiger partial charge in [-0.05, 0) is 103 Å². The molecule has 5 aromatic carbocycles. The molecule has 8 aromatic rings. The van der Waals surface area contributed by atoms with Crippen molar-refractivity contribution < 1.29 is 57.1 Å². The second-order valence-electron chi connectivity index (χ2n) is 15.7. The molecule has 0 saturated carbocycles. The highest BCUT2D eigenvalue weighted by Gasteiger charge is 2.90. The average Bonchev–Trinajstić information content (AvgIpc) is 3.35. The summed E-state index contributed by atoms with van der Waals surface area (Å²) in [6, 6.07) is 43.3. The summed E-state index contributed by atoms with van der Waals surface area (Å²) in [6.45, 7) is 0. The van der Waals surface area contributed by atoms with Gasteiger partial charge in [0.25, 0.3) is 0 Å². The number of alkyl halides is 13. The summed E-state index contributed by atoms with van der Waals surface area (Å²) in [5.74, 6) is -37.5. The van der Waals surface area contributed by atoms with E-state index in [-0.39, 0.29) is 23.3 Å². The van der Waals surface area contributed by atoms with Crippen LogP contribution in [0.25, 0.3) is 44.5 Å². The molecule has 0 unspecified atom stereocenters. The van der Waals surface area contributed by atoms with E-state index in [4.69, 9.17) is 0 Å². The monoisotopic (exact) mass is 945 g/mol. The third-order valence-corrected chi connectivity index (χ3v) is 11.8. The van der Waals surface area contributed by atoms with Gasteiger partial charge >= 0.3 is 35.8 Å². The predicted molar refractivity (Wildman–Crippen MR) is 230 cm³/mol. The number of pyridine rings is 3. The molecule has 0 saturated heterocycles. The van der Waals surface area contributed by atoms with Gasteiger partial charge in [-0.15, -0.1) is 0 Å². The lowest BCUT2D eigenvalue weighted by atomic mass is 9.64. The molecule has 68 heavy (non-hydrogen) atoms. The molecule has 0 aliphatic heterocycles. The molecule has 0 bridgehead atoms. The van der Waals surface area contributed by atoms with E-state index in [9.17, 15) is 48.3 Å². The Balaban J connectivity index is 1.23. The normalized spacial score (nSPS) is 13.1. The van der Waals surface area contributed by atoms with Gasteiger partial charge in [-0.1, -0.05) is 121 Å². The van der Waals surface area contributed by atoms with Crippen molar-refractivity contribution in [1.82, 2.24) is 15.0 Å². The SMILES string of the molecule is FC(F)(F)C(F)(F)C(F)(F)C(F)(F)C(F)(F)C(F)(F)c1ccc(-c2ccc(C(c3ccc(-c4ccncc4)cc3)(c3ccc(-c4ccncc4)cc3)c3ccc(-c4ccncc4)cc3)cc2)cc1. The topological polar surface area (TPSA) is 38.7 Å². The molecule has 0 N–H and O–H groups in total. The van der Waals surface area contributed by atoms with E-state index in [0.29, 0.717) is 5.56 Å². The molecule has 3 nitrogen and oxygen atoms in total. The zero-order valence-electron chi connectivity index (χ0n) is 34.7. The summed E-state index contributed by atoms with van der Waals surface area (Å²) in [5.41, 5.74) is 5.62. The fourth-order valence-electron chi connectivity index (χ4n) is 8.11. The highest BCUT2D eigenvalue weighted by atomic mass is 19.4. The molecule has 0 amide bonds. The summed E-state index contributed by atoms with van der Waals surface area (Å²) in [7, 11) is 0. The van der Waals surface area contributed by atoms with Crippen LogP contribution in [0.15, 0.2) is 195 Å². The van der Waals surface area contributed by atoms with Gasteiger partial charge in [0.2, 0.25) is 0 Å². The molecule has 0 radical (unpaired) electrons. The third kappa shape index (κ3) is 7.84. The third-order valence-electron chi connectivity index (χ3n) is 11.8. The van der Waals surface area contributed by atoms with E-state index in [1.807, 2.05) is 109 Å². The van der Waals surface area contributed by atoms with Gasteiger partial charge in [0.15, 0.2) is 0 Å². The van der Waals surface area contributed by atoms with Crippen molar-refractivity contribution in [3.8, 4) is 44.5 Å². The van der Waals surface area contributed by atoms with Crippen molar-refractivity contribution in [2.75, 3.05) is 0 Å². The van der Waals surface area contributed by atoms with Crippen LogP contribution in [-0.2, 0) is 11.3 Å². The number of aromatic nitrogens is 3. The molecule has 0 fully saturated rings. The zero-order valence-corrected chi connectivity index (χ0v) is 34.7. The number of nitrogens with zero attached hydrogens (tertiary/aromatic N) is 3. The Morgan fingerprint density at radius 2 is 0.426 bits per heavy atom. The Bertz CT molecular complexity index is 2770. The predicted octanol–water partition coefficient (Wildman–Crippen LogP) is 15.1. The standard InChI is InChI=1S/C52H32F13N3/c53-47(54,48(55,56)49(57,58)50(59,60)51(61,62)52(63,64)65)45-19-9-34(10-20-45)33-1-11-41(12-2-33)46(42-13-3-35(4-14-42)38-21-27-66-28-22-38,43-15-5-36(6-16-43)39-23-29-67-30-24-39)44-17-7-37(8-18-44)40-25-31-68-32-26-40/h1-32H. The van der Waals surface area contributed by atoms with Crippen LogP contribution in [0.5, 0.6) is 0 Å². The Morgan fingerprint density at radius 3 is 0.662 bits per heavy atom. The lowest BCUT2D eigenvalue weighted by molar-refractivity contribution is -0.441. The summed E-state index contributed by atoms with van der Waals surface area (Å²) < 4.78 is 181. The van der Waals surface area contributed by atoms with Crippen LogP contribution >= 0.6 is 0 Å². The Hall–Kier alpha value is -7.36. The summed E-state index contributed by atoms with van der Waals surface area (Å²) in [4.78, 5) is 12.3. The van der Waals surface area contributed by atoms with Gasteiger partial charge < -0.3 is 0 Å². The minimum absolute atomic E-state index is 0.0239. The highest BCUT2D eigenvalue weighted by Crippen LogP contribution is 2.62. The van der Waals surface area contributed by atoms with Crippen LogP contribution in [0.4, 0.5) is 57.1 Å². The van der Waals surface area contributed by atoms with E-state index < -0.39 is 46.8 Å². The maximum Gasteiger partial charge on any atom is 0.460 e. The summed E-state index contributed by atoms with van der Waals surface area (Å²) in [5, 5.41) is 0. The first kappa shape index (κ1) is 47.1. The minimum atomic E-state index is -7.99. The van der Waals surface area contributed by atoms with E-state index in [2.05, 4.69) is 15.0 Å². The van der Waals surface area contributed by atoms with E-state index in [1.54, 1.807) is 61.4 Å². The number of hydrogen-bond donors (Lipinski definition) is 0. The number of benzene rings is 5. The maximum absolute atomic E-state index is 15.1.